The summed E-state index contributed by atoms with van der Waals surface area (Å²) in [5.41, 5.74) is 7.18. The first-order valence-corrected chi connectivity index (χ1v) is 30.1. The highest BCUT2D eigenvalue weighted by atomic mass is 79.9. The van der Waals surface area contributed by atoms with E-state index in [-0.39, 0.29) is 70.9 Å². The van der Waals surface area contributed by atoms with E-state index in [1.807, 2.05) is 31.2 Å². The van der Waals surface area contributed by atoms with Crippen molar-refractivity contribution in [3.63, 3.8) is 0 Å². The molecule has 0 atom stereocenters. The van der Waals surface area contributed by atoms with Gasteiger partial charge < -0.3 is 20.8 Å². The summed E-state index contributed by atoms with van der Waals surface area (Å²) in [5, 5.41) is 27.2. The number of fused-ring (bicyclic) bond motifs is 2. The minimum absolute atomic E-state index is 0.0106. The van der Waals surface area contributed by atoms with Crippen molar-refractivity contribution in [3.8, 4) is 11.5 Å². The van der Waals surface area contributed by atoms with E-state index >= 15 is 0 Å². The molecule has 2 fully saturated rings. The number of aryl methyl sites for hydroxylation is 3. The van der Waals surface area contributed by atoms with E-state index in [1.165, 1.54) is 63.7 Å². The smallest absolute Gasteiger partial charge is 0.274 e. The number of carbonyl (C=O) groups is 2. The molecule has 0 aliphatic carbocycles. The van der Waals surface area contributed by atoms with Crippen LogP contribution in [0, 0.1) is 25.5 Å². The van der Waals surface area contributed by atoms with Gasteiger partial charge in [-0.05, 0) is 118 Å². The average molecular weight is 1210 g/mol. The van der Waals surface area contributed by atoms with Gasteiger partial charge in [-0.15, -0.1) is 0 Å². The summed E-state index contributed by atoms with van der Waals surface area (Å²) in [6.45, 7) is 10.6. The second kappa shape index (κ2) is 26.8. The topological polar surface area (TPSA) is 240 Å². The molecule has 2 saturated heterocycles. The zero-order chi connectivity index (χ0) is 57.8. The largest absolute Gasteiger partial charge is 0.504 e. The number of carbonyl (C=O) groups excluding carboxylic acids is 2. The molecule has 0 saturated carbocycles. The van der Waals surface area contributed by atoms with Crippen molar-refractivity contribution < 1.29 is 45.4 Å². The standard InChI is InChI=1S/C28H28FN5O4S.C16H11BrFN3O2.C14H22N2O2S/c1-19-7-9-20(10-8-19)18-33-12-13-34(39(37,38)15-14-33)27-23-6-3-11-30-24(23)26(35)25(32-27)28(36)31-17-21-4-2-5-22(29)16-21;17-15-11-5-2-6-19-12(11)14(22)13(21-15)16(23)20-8-9-3-1-4-10(18)7-9;1-3-14-10-13(5-4-12(14)2)11-16-7-6-15-19(17,18)9-8-16/h2-11,16,35H,12-15,17-18H2,1H3,(H,31,36);1-7,22H,8H2,(H,20,23);4-5,10,15H,3,6-9,11H2,1-2H3. The van der Waals surface area contributed by atoms with Crippen molar-refractivity contribution in [1.29, 1.82) is 0 Å². The molecule has 2 aliphatic heterocycles. The van der Waals surface area contributed by atoms with Crippen LogP contribution in [0.3, 0.4) is 0 Å². The Balaban J connectivity index is 0.000000174. The number of nitrogens with zero attached hydrogens (tertiary/aromatic N) is 7. The van der Waals surface area contributed by atoms with Gasteiger partial charge in [-0.2, -0.15) is 0 Å². The quantitative estimate of drug-likeness (QED) is 0.0733. The number of rotatable bonds is 12. The molecule has 2 amide bonds. The summed E-state index contributed by atoms with van der Waals surface area (Å²) in [6, 6.07) is 33.0. The molecule has 18 nitrogen and oxygen atoms in total. The lowest BCUT2D eigenvalue weighted by Gasteiger charge is -2.24. The number of nitrogens with one attached hydrogen (secondary N) is 3. The molecule has 10 rings (SSSR count). The first-order valence-electron chi connectivity index (χ1n) is 26.0. The molecule has 8 aromatic rings. The van der Waals surface area contributed by atoms with Gasteiger partial charge in [0.05, 0.1) is 11.5 Å². The number of amides is 2. The van der Waals surface area contributed by atoms with Gasteiger partial charge in [-0.1, -0.05) is 79.2 Å². The summed E-state index contributed by atoms with van der Waals surface area (Å²) in [7, 11) is -6.86. The average Bonchev–Trinajstić information content (AvgIpc) is 3.86. The van der Waals surface area contributed by atoms with E-state index in [2.05, 4.69) is 93.1 Å². The van der Waals surface area contributed by atoms with Gasteiger partial charge in [0.1, 0.15) is 27.3 Å². The Morgan fingerprint density at radius 2 is 1.20 bits per heavy atom. The third-order valence-corrected chi connectivity index (χ3v) is 17.2. The Morgan fingerprint density at radius 3 is 1.81 bits per heavy atom. The van der Waals surface area contributed by atoms with Crippen molar-refractivity contribution in [2.45, 2.75) is 53.4 Å². The lowest BCUT2D eigenvalue weighted by molar-refractivity contribution is 0.0935. The number of anilines is 1. The lowest BCUT2D eigenvalue weighted by Crippen LogP contribution is -2.35. The van der Waals surface area contributed by atoms with Crippen LogP contribution in [0.2, 0.25) is 0 Å². The molecule has 4 aromatic heterocycles. The molecule has 0 radical (unpaired) electrons. The number of sulfonamides is 2. The number of aromatic nitrogens is 4. The third kappa shape index (κ3) is 15.7. The van der Waals surface area contributed by atoms with E-state index in [0.29, 0.717) is 59.2 Å². The Kier molecular flexibility index (Phi) is 19.7. The maximum atomic E-state index is 13.5. The predicted molar refractivity (Wildman–Crippen MR) is 310 cm³/mol. The zero-order valence-electron chi connectivity index (χ0n) is 44.7. The van der Waals surface area contributed by atoms with Crippen LogP contribution < -0.4 is 19.7 Å². The molecule has 4 aromatic carbocycles. The minimum atomic E-state index is -3.81. The van der Waals surface area contributed by atoms with Crippen LogP contribution in [0.25, 0.3) is 21.8 Å². The number of pyridine rings is 4. The highest BCUT2D eigenvalue weighted by Gasteiger charge is 2.32. The van der Waals surface area contributed by atoms with Crippen molar-refractivity contribution in [1.82, 2.24) is 45.1 Å². The molecular weight excluding hydrogens is 1150 g/mol. The van der Waals surface area contributed by atoms with Crippen LogP contribution in [0.4, 0.5) is 14.6 Å². The van der Waals surface area contributed by atoms with E-state index < -0.39 is 43.4 Å². The van der Waals surface area contributed by atoms with Gasteiger partial charge in [0, 0.05) is 88.6 Å². The summed E-state index contributed by atoms with van der Waals surface area (Å²) >= 11 is 3.26. The maximum absolute atomic E-state index is 13.5. The normalized spacial score (nSPS) is 15.3. The fraction of sp³-hybridized carbons (Fsp3) is 0.276. The molecular formula is C58H61BrF2N10O8S2. The van der Waals surface area contributed by atoms with Gasteiger partial charge in [0.2, 0.25) is 20.0 Å². The molecule has 0 bridgehead atoms. The Hall–Kier alpha value is -7.54. The van der Waals surface area contributed by atoms with Gasteiger partial charge >= 0.3 is 0 Å². The molecule has 0 spiro atoms. The molecule has 5 N–H and O–H groups in total. The van der Waals surface area contributed by atoms with E-state index in [0.717, 1.165) is 30.6 Å². The van der Waals surface area contributed by atoms with E-state index in [1.54, 1.807) is 42.5 Å². The molecule has 2 aliphatic rings. The molecule has 6 heterocycles. The number of hydrogen-bond donors (Lipinski definition) is 5. The monoisotopic (exact) mass is 1210 g/mol. The Labute approximate surface area is 477 Å². The summed E-state index contributed by atoms with van der Waals surface area (Å²) < 4.78 is 80.7. The first kappa shape index (κ1) is 59.6. The number of halogens is 3. The van der Waals surface area contributed by atoms with E-state index in [9.17, 15) is 45.4 Å². The number of aromatic hydroxyl groups is 2. The third-order valence-electron chi connectivity index (χ3n) is 13.5. The summed E-state index contributed by atoms with van der Waals surface area (Å²) in [5.74, 6) is -2.79. The maximum Gasteiger partial charge on any atom is 0.274 e. The fourth-order valence-electron chi connectivity index (χ4n) is 9.12. The van der Waals surface area contributed by atoms with Gasteiger partial charge in [-0.3, -0.25) is 33.7 Å². The number of benzene rings is 4. The van der Waals surface area contributed by atoms with Crippen LogP contribution >= 0.6 is 15.9 Å². The molecule has 81 heavy (non-hydrogen) atoms. The second-order valence-electron chi connectivity index (χ2n) is 19.4. The summed E-state index contributed by atoms with van der Waals surface area (Å²) in [6.07, 6.45) is 4.00. The van der Waals surface area contributed by atoms with Crippen LogP contribution in [-0.2, 0) is 52.6 Å². The van der Waals surface area contributed by atoms with Crippen LogP contribution in [0.15, 0.2) is 132 Å². The van der Waals surface area contributed by atoms with Gasteiger partial charge in [-0.25, -0.2) is 40.3 Å². The van der Waals surface area contributed by atoms with E-state index in [4.69, 9.17) is 0 Å². The highest BCUT2D eigenvalue weighted by molar-refractivity contribution is 9.10. The molecule has 424 valence electrons. The molecule has 23 heteroatoms. The highest BCUT2D eigenvalue weighted by Crippen LogP contribution is 2.35. The Bertz CT molecular complexity index is 3810. The van der Waals surface area contributed by atoms with Crippen molar-refractivity contribution in [3.05, 3.63) is 194 Å². The SMILES string of the molecule is CCc1cc(CN2CCNS(=O)(=O)CC2)ccc1C.Cc1ccc(CN2CCN(c3nc(C(=O)NCc4cccc(F)c4)c(O)c4ncccc34)S(=O)(=O)CC2)cc1.O=C(NCc1cccc(F)c1)c1nc(Br)c2cccnc2c1O. The van der Waals surface area contributed by atoms with Gasteiger partial charge in [0.25, 0.3) is 11.8 Å². The van der Waals surface area contributed by atoms with Crippen LogP contribution in [0.5, 0.6) is 11.5 Å². The van der Waals surface area contributed by atoms with Crippen LogP contribution in [-0.4, -0.2) is 119 Å². The molecule has 0 unspecified atom stereocenters. The predicted octanol–water partition coefficient (Wildman–Crippen LogP) is 7.82. The Morgan fingerprint density at radius 1 is 0.642 bits per heavy atom. The van der Waals surface area contributed by atoms with Crippen molar-refractivity contribution >= 4 is 75.4 Å². The van der Waals surface area contributed by atoms with Crippen molar-refractivity contribution in [2.75, 3.05) is 55.1 Å². The van der Waals surface area contributed by atoms with Gasteiger partial charge in [0.15, 0.2) is 28.7 Å². The van der Waals surface area contributed by atoms with Crippen LogP contribution in [0.1, 0.15) is 66.8 Å². The second-order valence-corrected chi connectivity index (χ2v) is 24.1. The fourth-order valence-corrected chi connectivity index (χ4v) is 12.1. The van der Waals surface area contributed by atoms with Crippen molar-refractivity contribution in [2.24, 2.45) is 0 Å². The summed E-state index contributed by atoms with van der Waals surface area (Å²) in [4.78, 5) is 46.3. The lowest BCUT2D eigenvalue weighted by atomic mass is 10.0. The zero-order valence-corrected chi connectivity index (χ0v) is 48.0. The first-order chi connectivity index (χ1) is 38.8. The number of hydrogen-bond acceptors (Lipinski definition) is 14. The minimum Gasteiger partial charge on any atom is -0.504 e.